The SMILES string of the molecule is CC(C)c1cccc(C(C)C)c1OC(=O)COC(=O)CN(C)C(=O)OC(C)(C)C. The summed E-state index contributed by atoms with van der Waals surface area (Å²) in [6.07, 6.45) is -0.649. The van der Waals surface area contributed by atoms with Gasteiger partial charge in [-0.25, -0.2) is 9.59 Å². The van der Waals surface area contributed by atoms with E-state index >= 15 is 0 Å². The molecule has 0 saturated heterocycles. The smallest absolute Gasteiger partial charge is 0.410 e. The predicted molar refractivity (Wildman–Crippen MR) is 110 cm³/mol. The molecule has 162 valence electrons. The minimum atomic E-state index is -0.725. The van der Waals surface area contributed by atoms with Gasteiger partial charge in [0.25, 0.3) is 0 Å². The molecular formula is C22H33NO6. The molecule has 0 aromatic heterocycles. The molecule has 1 rings (SSSR count). The number of hydrogen-bond acceptors (Lipinski definition) is 6. The number of carbonyl (C=O) groups is 3. The Morgan fingerprint density at radius 3 is 1.93 bits per heavy atom. The van der Waals surface area contributed by atoms with Crippen LogP contribution < -0.4 is 4.74 Å². The van der Waals surface area contributed by atoms with Gasteiger partial charge in [-0.15, -0.1) is 0 Å². The van der Waals surface area contributed by atoms with Crippen molar-refractivity contribution < 1.29 is 28.6 Å². The van der Waals surface area contributed by atoms with Gasteiger partial charge in [0.15, 0.2) is 6.61 Å². The minimum Gasteiger partial charge on any atom is -0.452 e. The quantitative estimate of drug-likeness (QED) is 0.496. The number of esters is 2. The third-order valence-corrected chi connectivity index (χ3v) is 3.96. The number of amides is 1. The maximum absolute atomic E-state index is 12.3. The van der Waals surface area contributed by atoms with E-state index in [1.54, 1.807) is 20.8 Å². The Morgan fingerprint density at radius 1 is 0.966 bits per heavy atom. The second-order valence-electron chi connectivity index (χ2n) is 8.55. The Morgan fingerprint density at radius 2 is 1.48 bits per heavy atom. The number of rotatable bonds is 7. The second kappa shape index (κ2) is 10.3. The molecule has 7 heteroatoms. The van der Waals surface area contributed by atoms with E-state index < -0.39 is 30.2 Å². The van der Waals surface area contributed by atoms with Crippen molar-refractivity contribution in [1.82, 2.24) is 4.90 Å². The molecule has 0 aliphatic carbocycles. The summed E-state index contributed by atoms with van der Waals surface area (Å²) in [6, 6.07) is 5.77. The zero-order valence-corrected chi connectivity index (χ0v) is 18.7. The van der Waals surface area contributed by atoms with Crippen molar-refractivity contribution in [2.75, 3.05) is 20.2 Å². The van der Waals surface area contributed by atoms with Gasteiger partial charge in [0.1, 0.15) is 17.9 Å². The minimum absolute atomic E-state index is 0.168. The molecule has 0 aliphatic heterocycles. The lowest BCUT2D eigenvalue weighted by atomic mass is 9.94. The molecule has 0 spiro atoms. The van der Waals surface area contributed by atoms with Crippen molar-refractivity contribution in [2.24, 2.45) is 0 Å². The van der Waals surface area contributed by atoms with Crippen LogP contribution in [0.25, 0.3) is 0 Å². The van der Waals surface area contributed by atoms with Crippen LogP contribution >= 0.6 is 0 Å². The van der Waals surface area contributed by atoms with Crippen LogP contribution in [0.1, 0.15) is 71.4 Å². The van der Waals surface area contributed by atoms with Crippen molar-refractivity contribution in [2.45, 2.75) is 65.9 Å². The van der Waals surface area contributed by atoms with Gasteiger partial charge >= 0.3 is 18.0 Å². The fourth-order valence-corrected chi connectivity index (χ4v) is 2.53. The van der Waals surface area contributed by atoms with E-state index in [9.17, 15) is 14.4 Å². The molecule has 0 bridgehead atoms. The summed E-state index contributed by atoms with van der Waals surface area (Å²) >= 11 is 0. The molecule has 1 amide bonds. The Hall–Kier alpha value is -2.57. The summed E-state index contributed by atoms with van der Waals surface area (Å²) in [4.78, 5) is 37.2. The van der Waals surface area contributed by atoms with E-state index in [0.717, 1.165) is 16.0 Å². The summed E-state index contributed by atoms with van der Waals surface area (Å²) in [5.74, 6) is -0.544. The average Bonchev–Trinajstić information content (AvgIpc) is 2.58. The predicted octanol–water partition coefficient (Wildman–Crippen LogP) is 4.25. The number of likely N-dealkylation sites (N-methyl/N-ethyl adjacent to an activating group) is 1. The molecule has 0 atom stereocenters. The standard InChI is InChI=1S/C22H33NO6/c1-14(2)16-10-9-11-17(15(3)4)20(16)28-19(25)13-27-18(24)12-23(8)21(26)29-22(5,6)7/h9-11,14-15H,12-13H2,1-8H3. The highest BCUT2D eigenvalue weighted by molar-refractivity contribution is 5.81. The maximum Gasteiger partial charge on any atom is 0.410 e. The number of ether oxygens (including phenoxy) is 3. The van der Waals surface area contributed by atoms with Gasteiger partial charge in [0.05, 0.1) is 0 Å². The van der Waals surface area contributed by atoms with E-state index in [2.05, 4.69) is 0 Å². The number of para-hydroxylation sites is 1. The molecule has 0 N–H and O–H groups in total. The summed E-state index contributed by atoms with van der Waals surface area (Å²) in [5, 5.41) is 0. The van der Waals surface area contributed by atoms with Crippen LogP contribution in [0.2, 0.25) is 0 Å². The van der Waals surface area contributed by atoms with Crippen molar-refractivity contribution in [3.8, 4) is 5.75 Å². The number of benzene rings is 1. The van der Waals surface area contributed by atoms with Crippen LogP contribution in [-0.4, -0.2) is 48.7 Å². The lowest BCUT2D eigenvalue weighted by Crippen LogP contribution is -2.38. The van der Waals surface area contributed by atoms with E-state index in [1.807, 2.05) is 45.9 Å². The summed E-state index contributed by atoms with van der Waals surface area (Å²) < 4.78 is 15.7. The molecule has 0 aliphatic rings. The van der Waals surface area contributed by atoms with Gasteiger partial charge in [-0.1, -0.05) is 45.9 Å². The van der Waals surface area contributed by atoms with Gasteiger partial charge in [0, 0.05) is 7.05 Å². The first-order chi connectivity index (χ1) is 13.3. The van der Waals surface area contributed by atoms with E-state index in [-0.39, 0.29) is 18.4 Å². The lowest BCUT2D eigenvalue weighted by Gasteiger charge is -2.24. The largest absolute Gasteiger partial charge is 0.452 e. The fourth-order valence-electron chi connectivity index (χ4n) is 2.53. The third-order valence-electron chi connectivity index (χ3n) is 3.96. The average molecular weight is 408 g/mol. The fraction of sp³-hybridized carbons (Fsp3) is 0.591. The number of hydrogen-bond donors (Lipinski definition) is 0. The molecule has 0 unspecified atom stereocenters. The van der Waals surface area contributed by atoms with Gasteiger partial charge < -0.3 is 19.1 Å². The number of nitrogens with zero attached hydrogens (tertiary/aromatic N) is 1. The Bertz CT molecular complexity index is 707. The van der Waals surface area contributed by atoms with Crippen LogP contribution in [0, 0.1) is 0 Å². The first kappa shape index (κ1) is 24.5. The van der Waals surface area contributed by atoms with Gasteiger partial charge in [-0.3, -0.25) is 4.79 Å². The Kier molecular flexibility index (Phi) is 8.67. The first-order valence-corrected chi connectivity index (χ1v) is 9.75. The van der Waals surface area contributed by atoms with Gasteiger partial charge in [-0.05, 0) is 43.7 Å². The lowest BCUT2D eigenvalue weighted by molar-refractivity contribution is -0.154. The van der Waals surface area contributed by atoms with E-state index in [4.69, 9.17) is 14.2 Å². The molecular weight excluding hydrogens is 374 g/mol. The van der Waals surface area contributed by atoms with Crippen LogP contribution in [-0.2, 0) is 19.1 Å². The molecule has 7 nitrogen and oxygen atoms in total. The summed E-state index contributed by atoms with van der Waals surface area (Å²) in [7, 11) is 1.42. The second-order valence-corrected chi connectivity index (χ2v) is 8.55. The van der Waals surface area contributed by atoms with E-state index in [0.29, 0.717) is 5.75 Å². The van der Waals surface area contributed by atoms with Crippen molar-refractivity contribution in [3.05, 3.63) is 29.3 Å². The maximum atomic E-state index is 12.3. The Labute approximate surface area is 173 Å². The van der Waals surface area contributed by atoms with Gasteiger partial charge in [0.2, 0.25) is 0 Å². The van der Waals surface area contributed by atoms with Gasteiger partial charge in [-0.2, -0.15) is 0 Å². The normalized spacial score (nSPS) is 11.4. The van der Waals surface area contributed by atoms with Crippen molar-refractivity contribution >= 4 is 18.0 Å². The van der Waals surface area contributed by atoms with Crippen LogP contribution in [0.3, 0.4) is 0 Å². The van der Waals surface area contributed by atoms with Crippen LogP contribution in [0.4, 0.5) is 4.79 Å². The highest BCUT2D eigenvalue weighted by Gasteiger charge is 2.23. The van der Waals surface area contributed by atoms with Crippen LogP contribution in [0.15, 0.2) is 18.2 Å². The monoisotopic (exact) mass is 407 g/mol. The van der Waals surface area contributed by atoms with E-state index in [1.165, 1.54) is 7.05 Å². The third kappa shape index (κ3) is 8.13. The molecule has 1 aromatic carbocycles. The molecule has 1 aromatic rings. The summed E-state index contributed by atoms with van der Waals surface area (Å²) in [6.45, 7) is 12.4. The highest BCUT2D eigenvalue weighted by atomic mass is 16.6. The Balaban J connectivity index is 2.68. The first-order valence-electron chi connectivity index (χ1n) is 9.75. The van der Waals surface area contributed by atoms with Crippen molar-refractivity contribution in [1.29, 1.82) is 0 Å². The van der Waals surface area contributed by atoms with Crippen LogP contribution in [0.5, 0.6) is 5.75 Å². The highest BCUT2D eigenvalue weighted by Crippen LogP contribution is 2.34. The molecule has 0 fully saturated rings. The number of carbonyl (C=O) groups excluding carboxylic acids is 3. The molecule has 0 heterocycles. The molecule has 29 heavy (non-hydrogen) atoms. The summed E-state index contributed by atoms with van der Waals surface area (Å²) in [5.41, 5.74) is 1.16. The zero-order valence-electron chi connectivity index (χ0n) is 18.7. The topological polar surface area (TPSA) is 82.1 Å². The molecule has 0 saturated carbocycles. The molecule has 0 radical (unpaired) electrons. The zero-order chi connectivity index (χ0) is 22.4. The van der Waals surface area contributed by atoms with Crippen molar-refractivity contribution in [3.63, 3.8) is 0 Å².